The highest BCUT2D eigenvalue weighted by atomic mass is 32.2. The normalized spacial score (nSPS) is 22.2. The van der Waals surface area contributed by atoms with Crippen LogP contribution < -0.4 is 5.32 Å². The third kappa shape index (κ3) is 2.88. The van der Waals surface area contributed by atoms with Gasteiger partial charge in [-0.25, -0.2) is 4.99 Å². The van der Waals surface area contributed by atoms with E-state index in [9.17, 15) is 4.79 Å². The summed E-state index contributed by atoms with van der Waals surface area (Å²) in [6, 6.07) is 8.12. The Balaban J connectivity index is 2.14. The summed E-state index contributed by atoms with van der Waals surface area (Å²) in [4.78, 5) is 15.7. The maximum atomic E-state index is 11.3. The molecule has 1 aromatic carbocycles. The van der Waals surface area contributed by atoms with E-state index in [0.29, 0.717) is 11.1 Å². The van der Waals surface area contributed by atoms with Gasteiger partial charge in [-0.2, -0.15) is 0 Å². The van der Waals surface area contributed by atoms with Crippen molar-refractivity contribution in [3.63, 3.8) is 0 Å². The molecule has 1 saturated heterocycles. The van der Waals surface area contributed by atoms with E-state index in [2.05, 4.69) is 36.3 Å². The summed E-state index contributed by atoms with van der Waals surface area (Å²) >= 11 is 1.47. The fraction of sp³-hybridized carbons (Fsp3) is 0.385. The molecular formula is C13H16N2OS. The number of benzene rings is 1. The number of rotatable bonds is 2. The van der Waals surface area contributed by atoms with E-state index < -0.39 is 0 Å². The molecular weight excluding hydrogens is 232 g/mol. The van der Waals surface area contributed by atoms with Crippen molar-refractivity contribution in [2.75, 3.05) is 0 Å². The average Bonchev–Trinajstić information content (AvgIpc) is 2.58. The number of aliphatic imine (C=N–C) groups is 1. The van der Waals surface area contributed by atoms with Crippen molar-refractivity contribution in [3.05, 3.63) is 29.8 Å². The summed E-state index contributed by atoms with van der Waals surface area (Å²) in [5, 5.41) is 3.42. The molecule has 90 valence electrons. The van der Waals surface area contributed by atoms with Crippen molar-refractivity contribution < 1.29 is 4.79 Å². The molecule has 17 heavy (non-hydrogen) atoms. The van der Waals surface area contributed by atoms with Gasteiger partial charge in [-0.15, -0.1) is 0 Å². The van der Waals surface area contributed by atoms with Gasteiger partial charge in [-0.1, -0.05) is 37.7 Å². The van der Waals surface area contributed by atoms with Crippen LogP contribution in [0.2, 0.25) is 0 Å². The largest absolute Gasteiger partial charge is 0.304 e. The van der Waals surface area contributed by atoms with Gasteiger partial charge < -0.3 is 5.32 Å². The van der Waals surface area contributed by atoms with Crippen LogP contribution in [-0.2, 0) is 4.79 Å². The molecule has 2 rings (SSSR count). The summed E-state index contributed by atoms with van der Waals surface area (Å²) in [7, 11) is 0. The van der Waals surface area contributed by atoms with Crippen LogP contribution in [0.25, 0.3) is 0 Å². The van der Waals surface area contributed by atoms with E-state index >= 15 is 0 Å². The highest BCUT2D eigenvalue weighted by molar-refractivity contribution is 8.15. The summed E-state index contributed by atoms with van der Waals surface area (Å²) in [5.41, 5.74) is 2.18. The standard InChI is InChI=1S/C13H16N2OS/c1-8(2)10-4-6-11(7-5-10)14-13-15-12(16)9(3)17-13/h4-9H,1-3H3,(H,14,15,16). The second kappa shape index (κ2) is 4.92. The van der Waals surface area contributed by atoms with E-state index in [1.807, 2.05) is 19.1 Å². The Kier molecular flexibility index (Phi) is 3.52. The van der Waals surface area contributed by atoms with Crippen LogP contribution >= 0.6 is 11.8 Å². The molecule has 1 aromatic rings. The van der Waals surface area contributed by atoms with E-state index in [-0.39, 0.29) is 11.2 Å². The van der Waals surface area contributed by atoms with Gasteiger partial charge in [-0.3, -0.25) is 4.79 Å². The number of thioether (sulfide) groups is 1. The lowest BCUT2D eigenvalue weighted by molar-refractivity contribution is -0.118. The topological polar surface area (TPSA) is 41.5 Å². The Labute approximate surface area is 106 Å². The molecule has 0 bridgehead atoms. The number of nitrogens with one attached hydrogen (secondary N) is 1. The lowest BCUT2D eigenvalue weighted by Crippen LogP contribution is -2.23. The van der Waals surface area contributed by atoms with Gasteiger partial charge in [0, 0.05) is 0 Å². The minimum Gasteiger partial charge on any atom is -0.304 e. The zero-order valence-electron chi connectivity index (χ0n) is 10.2. The van der Waals surface area contributed by atoms with Crippen LogP contribution in [-0.4, -0.2) is 16.3 Å². The Bertz CT molecular complexity index is 451. The van der Waals surface area contributed by atoms with Gasteiger partial charge in [0.15, 0.2) is 5.17 Å². The molecule has 0 aromatic heterocycles. The van der Waals surface area contributed by atoms with Crippen LogP contribution in [0.4, 0.5) is 5.69 Å². The molecule has 0 spiro atoms. The summed E-state index contributed by atoms with van der Waals surface area (Å²) < 4.78 is 0. The van der Waals surface area contributed by atoms with E-state index in [1.165, 1.54) is 17.3 Å². The fourth-order valence-electron chi connectivity index (χ4n) is 1.56. The maximum absolute atomic E-state index is 11.3. The molecule has 1 amide bonds. The first kappa shape index (κ1) is 12.2. The van der Waals surface area contributed by atoms with Crippen molar-refractivity contribution in [1.82, 2.24) is 5.32 Å². The zero-order chi connectivity index (χ0) is 12.4. The van der Waals surface area contributed by atoms with Gasteiger partial charge in [-0.05, 0) is 30.5 Å². The molecule has 1 atom stereocenters. The van der Waals surface area contributed by atoms with Crippen LogP contribution in [0.1, 0.15) is 32.3 Å². The second-order valence-corrected chi connectivity index (χ2v) is 5.74. The predicted octanol–water partition coefficient (Wildman–Crippen LogP) is 3.05. The van der Waals surface area contributed by atoms with Gasteiger partial charge in [0.05, 0.1) is 10.9 Å². The fourth-order valence-corrected chi connectivity index (χ4v) is 2.38. The molecule has 1 N–H and O–H groups in total. The molecule has 1 fully saturated rings. The maximum Gasteiger partial charge on any atom is 0.239 e. The molecule has 0 aliphatic carbocycles. The van der Waals surface area contributed by atoms with Crippen molar-refractivity contribution in [1.29, 1.82) is 0 Å². The average molecular weight is 248 g/mol. The molecule has 0 saturated carbocycles. The van der Waals surface area contributed by atoms with Crippen LogP contribution in [0.3, 0.4) is 0 Å². The Morgan fingerprint density at radius 3 is 2.41 bits per heavy atom. The van der Waals surface area contributed by atoms with Gasteiger partial charge in [0.1, 0.15) is 0 Å². The second-order valence-electron chi connectivity index (χ2n) is 4.41. The number of amidine groups is 1. The molecule has 3 nitrogen and oxygen atoms in total. The third-order valence-corrected chi connectivity index (χ3v) is 3.66. The summed E-state index contributed by atoms with van der Waals surface area (Å²) in [6.45, 7) is 6.20. The Morgan fingerprint density at radius 2 is 1.94 bits per heavy atom. The van der Waals surface area contributed by atoms with E-state index in [4.69, 9.17) is 0 Å². The van der Waals surface area contributed by atoms with Crippen LogP contribution in [0.15, 0.2) is 29.3 Å². The molecule has 0 radical (unpaired) electrons. The highest BCUT2D eigenvalue weighted by Gasteiger charge is 2.25. The first-order valence-corrected chi connectivity index (χ1v) is 6.60. The van der Waals surface area contributed by atoms with Crippen molar-refractivity contribution in [2.45, 2.75) is 31.9 Å². The van der Waals surface area contributed by atoms with E-state index in [0.717, 1.165) is 5.69 Å². The number of carbonyl (C=O) groups excluding carboxylic acids is 1. The quantitative estimate of drug-likeness (QED) is 0.874. The summed E-state index contributed by atoms with van der Waals surface area (Å²) in [6.07, 6.45) is 0. The first-order valence-electron chi connectivity index (χ1n) is 5.72. The number of hydrogen-bond donors (Lipinski definition) is 1. The van der Waals surface area contributed by atoms with Crippen molar-refractivity contribution in [2.24, 2.45) is 4.99 Å². The van der Waals surface area contributed by atoms with Crippen LogP contribution in [0, 0.1) is 0 Å². The molecule has 4 heteroatoms. The van der Waals surface area contributed by atoms with Crippen LogP contribution in [0.5, 0.6) is 0 Å². The first-order chi connectivity index (χ1) is 8.06. The number of amides is 1. The minimum absolute atomic E-state index is 0.0348. The highest BCUT2D eigenvalue weighted by Crippen LogP contribution is 2.23. The number of nitrogens with zero attached hydrogens (tertiary/aromatic N) is 1. The van der Waals surface area contributed by atoms with Gasteiger partial charge >= 0.3 is 0 Å². The Morgan fingerprint density at radius 1 is 1.29 bits per heavy atom. The van der Waals surface area contributed by atoms with Gasteiger partial charge in [0.2, 0.25) is 5.91 Å². The summed E-state index contributed by atoms with van der Waals surface area (Å²) in [5.74, 6) is 0.560. The third-order valence-electron chi connectivity index (χ3n) is 2.68. The van der Waals surface area contributed by atoms with Crippen molar-refractivity contribution in [3.8, 4) is 0 Å². The lowest BCUT2D eigenvalue weighted by atomic mass is 10.0. The predicted molar refractivity (Wildman–Crippen MR) is 72.8 cm³/mol. The number of hydrogen-bond acceptors (Lipinski definition) is 3. The molecule has 1 aliphatic heterocycles. The van der Waals surface area contributed by atoms with E-state index in [1.54, 1.807) is 0 Å². The molecule has 1 unspecified atom stereocenters. The SMILES string of the molecule is CC1SC(=Nc2ccc(C(C)C)cc2)NC1=O. The van der Waals surface area contributed by atoms with Crippen molar-refractivity contribution >= 4 is 28.5 Å². The van der Waals surface area contributed by atoms with Gasteiger partial charge in [0.25, 0.3) is 0 Å². The number of carbonyl (C=O) groups is 1. The zero-order valence-corrected chi connectivity index (χ0v) is 11.0. The Hall–Kier alpha value is -1.29. The monoisotopic (exact) mass is 248 g/mol. The molecule has 1 heterocycles. The lowest BCUT2D eigenvalue weighted by Gasteiger charge is -2.04. The molecule has 1 aliphatic rings. The smallest absolute Gasteiger partial charge is 0.239 e. The minimum atomic E-state index is -0.0383.